The minimum Gasteiger partial charge on any atom is -0.371 e. The van der Waals surface area contributed by atoms with Gasteiger partial charge in [0.2, 0.25) is 0 Å². The maximum Gasteiger partial charge on any atom is 0.270 e. The van der Waals surface area contributed by atoms with Gasteiger partial charge in [-0.05, 0) is 43.5 Å². The first-order valence-corrected chi connectivity index (χ1v) is 8.06. The zero-order valence-corrected chi connectivity index (χ0v) is 13.8. The first kappa shape index (κ1) is 16.9. The molecule has 0 unspecified atom stereocenters. The molecule has 0 saturated carbocycles. The number of non-ortho nitro benzene ring substituents is 1. The van der Waals surface area contributed by atoms with E-state index < -0.39 is 16.6 Å². The highest BCUT2D eigenvalue weighted by molar-refractivity contribution is 6.08. The van der Waals surface area contributed by atoms with Gasteiger partial charge in [-0.15, -0.1) is 0 Å². The van der Waals surface area contributed by atoms with E-state index in [2.05, 4.69) is 5.32 Å². The topological polar surface area (TPSA) is 75.5 Å². The summed E-state index contributed by atoms with van der Waals surface area (Å²) in [6.45, 7) is 3.24. The molecule has 2 aromatic carbocycles. The van der Waals surface area contributed by atoms with Crippen molar-refractivity contribution in [2.24, 2.45) is 0 Å². The van der Waals surface area contributed by atoms with Crippen LogP contribution in [0.5, 0.6) is 0 Å². The van der Waals surface area contributed by atoms with Crippen LogP contribution in [0.15, 0.2) is 36.4 Å². The number of nitro benzene ring substituents is 1. The molecular weight excluding hydrogens is 325 g/mol. The Morgan fingerprint density at radius 2 is 1.92 bits per heavy atom. The molecule has 2 aromatic rings. The zero-order valence-electron chi connectivity index (χ0n) is 13.8. The van der Waals surface area contributed by atoms with Gasteiger partial charge in [0.05, 0.1) is 16.2 Å². The molecule has 1 heterocycles. The maximum atomic E-state index is 13.7. The minimum atomic E-state index is -0.532. The van der Waals surface area contributed by atoms with E-state index >= 15 is 0 Å². The number of benzene rings is 2. The summed E-state index contributed by atoms with van der Waals surface area (Å²) >= 11 is 0. The van der Waals surface area contributed by atoms with Gasteiger partial charge in [-0.1, -0.05) is 6.07 Å². The van der Waals surface area contributed by atoms with Gasteiger partial charge in [0.15, 0.2) is 0 Å². The highest BCUT2D eigenvalue weighted by Crippen LogP contribution is 2.29. The Morgan fingerprint density at radius 3 is 2.56 bits per heavy atom. The fourth-order valence-electron chi connectivity index (χ4n) is 2.92. The molecule has 0 bridgehead atoms. The highest BCUT2D eigenvalue weighted by atomic mass is 19.1. The van der Waals surface area contributed by atoms with Crippen molar-refractivity contribution in [2.75, 3.05) is 23.3 Å². The lowest BCUT2D eigenvalue weighted by Crippen LogP contribution is -2.23. The van der Waals surface area contributed by atoms with Crippen LogP contribution in [0, 0.1) is 22.9 Å². The van der Waals surface area contributed by atoms with Crippen LogP contribution in [-0.2, 0) is 0 Å². The number of carbonyl (C=O) groups is 1. The molecule has 0 spiro atoms. The second-order valence-electron chi connectivity index (χ2n) is 6.07. The molecule has 7 heteroatoms. The highest BCUT2D eigenvalue weighted by Gasteiger charge is 2.22. The molecule has 1 saturated heterocycles. The van der Waals surface area contributed by atoms with Crippen molar-refractivity contribution < 1.29 is 14.1 Å². The van der Waals surface area contributed by atoms with Crippen LogP contribution in [0.3, 0.4) is 0 Å². The number of nitrogens with zero attached hydrogens (tertiary/aromatic N) is 2. The average molecular weight is 343 g/mol. The monoisotopic (exact) mass is 343 g/mol. The fourth-order valence-corrected chi connectivity index (χ4v) is 2.92. The van der Waals surface area contributed by atoms with Crippen molar-refractivity contribution in [2.45, 2.75) is 19.8 Å². The van der Waals surface area contributed by atoms with Crippen LogP contribution in [0.1, 0.15) is 28.8 Å². The van der Waals surface area contributed by atoms with Gasteiger partial charge in [-0.25, -0.2) is 4.39 Å². The number of nitrogens with one attached hydrogen (secondary N) is 1. The van der Waals surface area contributed by atoms with Gasteiger partial charge in [0.25, 0.3) is 11.6 Å². The van der Waals surface area contributed by atoms with Crippen molar-refractivity contribution in [1.29, 1.82) is 0 Å². The number of anilines is 2. The molecule has 1 N–H and O–H groups in total. The van der Waals surface area contributed by atoms with Gasteiger partial charge in [0.1, 0.15) is 5.82 Å². The van der Waals surface area contributed by atoms with Gasteiger partial charge >= 0.3 is 0 Å². The maximum absolute atomic E-state index is 13.7. The third-order valence-electron chi connectivity index (χ3n) is 4.31. The molecule has 6 nitrogen and oxygen atoms in total. The lowest BCUT2D eigenvalue weighted by atomic mass is 10.1. The van der Waals surface area contributed by atoms with Crippen molar-refractivity contribution in [3.05, 3.63) is 63.5 Å². The number of aryl methyl sites for hydroxylation is 1. The van der Waals surface area contributed by atoms with Gasteiger partial charge in [-0.2, -0.15) is 0 Å². The van der Waals surface area contributed by atoms with E-state index in [1.54, 1.807) is 25.1 Å². The Bertz CT molecular complexity index is 832. The van der Waals surface area contributed by atoms with Crippen LogP contribution >= 0.6 is 0 Å². The molecule has 3 rings (SSSR count). The molecule has 1 fully saturated rings. The first-order valence-electron chi connectivity index (χ1n) is 8.06. The van der Waals surface area contributed by atoms with E-state index in [1.807, 2.05) is 4.90 Å². The summed E-state index contributed by atoms with van der Waals surface area (Å²) in [5.74, 6) is -0.912. The van der Waals surface area contributed by atoms with E-state index in [4.69, 9.17) is 0 Å². The Morgan fingerprint density at radius 1 is 1.20 bits per heavy atom. The fraction of sp³-hybridized carbons (Fsp3) is 0.278. The molecule has 0 aromatic heterocycles. The largest absolute Gasteiger partial charge is 0.371 e. The molecule has 1 aliphatic rings. The van der Waals surface area contributed by atoms with Crippen LogP contribution < -0.4 is 10.2 Å². The lowest BCUT2D eigenvalue weighted by Gasteiger charge is -2.21. The van der Waals surface area contributed by atoms with E-state index in [0.717, 1.165) is 25.9 Å². The van der Waals surface area contributed by atoms with Crippen molar-refractivity contribution in [1.82, 2.24) is 0 Å². The van der Waals surface area contributed by atoms with Crippen LogP contribution in [-0.4, -0.2) is 23.9 Å². The number of amides is 1. The molecule has 130 valence electrons. The summed E-state index contributed by atoms with van der Waals surface area (Å²) in [5.41, 5.74) is 1.52. The number of carbonyl (C=O) groups excluding carboxylic acids is 1. The molecule has 0 aliphatic carbocycles. The van der Waals surface area contributed by atoms with E-state index in [-0.39, 0.29) is 11.3 Å². The summed E-state index contributed by atoms with van der Waals surface area (Å²) in [5, 5.41) is 13.7. The van der Waals surface area contributed by atoms with Gasteiger partial charge < -0.3 is 10.2 Å². The van der Waals surface area contributed by atoms with E-state index in [1.165, 1.54) is 18.2 Å². The number of hydrogen-bond acceptors (Lipinski definition) is 4. The minimum absolute atomic E-state index is 0.150. The molecule has 1 aliphatic heterocycles. The predicted octanol–water partition coefficient (Wildman–Crippen LogP) is 3.89. The predicted molar refractivity (Wildman–Crippen MR) is 93.6 cm³/mol. The van der Waals surface area contributed by atoms with Crippen molar-refractivity contribution in [3.8, 4) is 0 Å². The number of hydrogen-bond donors (Lipinski definition) is 1. The second kappa shape index (κ2) is 6.88. The summed E-state index contributed by atoms with van der Waals surface area (Å²) in [6.07, 6.45) is 2.03. The van der Waals surface area contributed by atoms with Crippen LogP contribution in [0.25, 0.3) is 0 Å². The number of halogens is 1. The lowest BCUT2D eigenvalue weighted by molar-refractivity contribution is -0.384. The van der Waals surface area contributed by atoms with E-state index in [9.17, 15) is 19.3 Å². The number of rotatable bonds is 4. The van der Waals surface area contributed by atoms with Crippen molar-refractivity contribution in [3.63, 3.8) is 0 Å². The molecule has 0 radical (unpaired) electrons. The number of nitro groups is 1. The van der Waals surface area contributed by atoms with Crippen LogP contribution in [0.2, 0.25) is 0 Å². The molecule has 0 atom stereocenters. The Balaban J connectivity index is 1.94. The van der Waals surface area contributed by atoms with E-state index in [0.29, 0.717) is 16.9 Å². The van der Waals surface area contributed by atoms with Gasteiger partial charge in [-0.3, -0.25) is 14.9 Å². The first-order chi connectivity index (χ1) is 12.0. The zero-order chi connectivity index (χ0) is 18.0. The average Bonchev–Trinajstić information content (AvgIpc) is 3.12. The smallest absolute Gasteiger partial charge is 0.270 e. The quantitative estimate of drug-likeness (QED) is 0.675. The normalized spacial score (nSPS) is 13.8. The molecular formula is C18H18FN3O3. The Hall–Kier alpha value is -2.96. The standard InChI is InChI=1S/C18H18FN3O3/c1-12-4-5-13(10-16(12)19)20-18(23)15-11-14(22(24)25)6-7-17(15)21-8-2-3-9-21/h4-7,10-11H,2-3,8-9H2,1H3,(H,20,23). The van der Waals surface area contributed by atoms with Crippen LogP contribution in [0.4, 0.5) is 21.5 Å². The molecule has 25 heavy (non-hydrogen) atoms. The summed E-state index contributed by atoms with van der Waals surface area (Å²) in [4.78, 5) is 25.2. The summed E-state index contributed by atoms with van der Waals surface area (Å²) < 4.78 is 13.7. The second-order valence-corrected chi connectivity index (χ2v) is 6.07. The summed E-state index contributed by atoms with van der Waals surface area (Å²) in [7, 11) is 0. The van der Waals surface area contributed by atoms with Gasteiger partial charge in [0, 0.05) is 30.9 Å². The molecule has 1 amide bonds. The Labute approximate surface area is 144 Å². The Kier molecular flexibility index (Phi) is 4.65. The third kappa shape index (κ3) is 3.60. The third-order valence-corrected chi connectivity index (χ3v) is 4.31. The summed E-state index contributed by atoms with van der Waals surface area (Å²) in [6, 6.07) is 8.68. The van der Waals surface area contributed by atoms with Crippen molar-refractivity contribution >= 4 is 23.0 Å². The SMILES string of the molecule is Cc1ccc(NC(=O)c2cc([N+](=O)[O-])ccc2N2CCCC2)cc1F.